The molecule has 74 heavy (non-hydrogen) atoms. The van der Waals surface area contributed by atoms with Gasteiger partial charge in [0.05, 0.1) is 27.7 Å². The van der Waals surface area contributed by atoms with E-state index in [0.717, 1.165) is 96.3 Å². The van der Waals surface area contributed by atoms with Crippen LogP contribution >= 0.6 is 7.82 Å². The van der Waals surface area contributed by atoms with Crippen molar-refractivity contribution >= 4 is 19.8 Å². The van der Waals surface area contributed by atoms with Gasteiger partial charge in [0, 0.05) is 12.8 Å². The van der Waals surface area contributed by atoms with Crippen LogP contribution in [0.1, 0.15) is 232 Å². The largest absolute Gasteiger partial charge is 0.756 e. The number of hydrogen-bond acceptors (Lipinski definition) is 8. The van der Waals surface area contributed by atoms with Crippen LogP contribution in [0, 0.1) is 0 Å². The molecule has 0 aliphatic heterocycles. The molecule has 0 heterocycles. The Morgan fingerprint density at radius 2 is 0.770 bits per heavy atom. The van der Waals surface area contributed by atoms with Gasteiger partial charge in [-0.1, -0.05) is 245 Å². The number of likely N-dealkylation sites (N-methyl/N-ethyl adjacent to an activating group) is 1. The standard InChI is InChI=1S/C64H110NO8P/c1-6-8-10-12-14-16-18-20-22-24-26-27-28-29-30-31-32-33-34-35-36-37-39-41-43-45-47-49-51-53-55-57-64(67)73-62(61-72-74(68,69)71-59-58-65(3,4)5)60-70-63(66)56-54-52-50-48-46-44-42-40-38-25-23-21-19-17-15-13-11-9-7-2/h8,10,14,16,20,22,26-27,29-30,32-33,35-36,39,41,45,47,62H,6-7,9,11-13,15,17-19,21,23-25,28,31,34,37-38,40,42-44,46,48-61H2,1-5H3/b10-8-,16-14-,22-20-,27-26-,30-29-,33-32-,36-35-,41-39-,47-45-. The number of quaternary nitrogens is 1. The van der Waals surface area contributed by atoms with E-state index < -0.39 is 32.5 Å². The van der Waals surface area contributed by atoms with Gasteiger partial charge < -0.3 is 27.9 Å². The summed E-state index contributed by atoms with van der Waals surface area (Å²) in [4.78, 5) is 37.9. The summed E-state index contributed by atoms with van der Waals surface area (Å²) in [5.41, 5.74) is 0. The van der Waals surface area contributed by atoms with Crippen LogP contribution in [0.25, 0.3) is 0 Å². The maximum atomic E-state index is 12.8. The quantitative estimate of drug-likeness (QED) is 0.0195. The molecule has 0 bridgehead atoms. The molecule has 0 aliphatic carbocycles. The molecule has 424 valence electrons. The van der Waals surface area contributed by atoms with Gasteiger partial charge in [-0.15, -0.1) is 0 Å². The lowest BCUT2D eigenvalue weighted by atomic mass is 10.0. The van der Waals surface area contributed by atoms with Crippen LogP contribution in [0.3, 0.4) is 0 Å². The first-order valence-corrected chi connectivity index (χ1v) is 31.1. The summed E-state index contributed by atoms with van der Waals surface area (Å²) in [6.07, 6.45) is 75.6. The minimum absolute atomic E-state index is 0.0422. The van der Waals surface area contributed by atoms with Gasteiger partial charge in [0.1, 0.15) is 19.8 Å². The molecule has 0 saturated carbocycles. The van der Waals surface area contributed by atoms with Crippen LogP contribution in [0.4, 0.5) is 0 Å². The van der Waals surface area contributed by atoms with Crippen LogP contribution in [-0.2, 0) is 32.7 Å². The molecule has 9 nitrogen and oxygen atoms in total. The van der Waals surface area contributed by atoms with Crippen molar-refractivity contribution in [2.45, 2.75) is 238 Å². The third kappa shape index (κ3) is 57.9. The second kappa shape index (κ2) is 54.5. The number of allylic oxidation sites excluding steroid dienone is 18. The Kier molecular flexibility index (Phi) is 52.0. The zero-order chi connectivity index (χ0) is 54.2. The molecule has 10 heteroatoms. The maximum absolute atomic E-state index is 12.8. The Morgan fingerprint density at radius 1 is 0.432 bits per heavy atom. The van der Waals surface area contributed by atoms with Gasteiger partial charge in [0.25, 0.3) is 7.82 Å². The Morgan fingerprint density at radius 3 is 1.15 bits per heavy atom. The Bertz CT molecular complexity index is 1620. The summed E-state index contributed by atoms with van der Waals surface area (Å²) < 4.78 is 34.1. The van der Waals surface area contributed by atoms with Crippen molar-refractivity contribution in [2.75, 3.05) is 47.5 Å². The molecule has 0 amide bonds. The van der Waals surface area contributed by atoms with Gasteiger partial charge in [-0.25, -0.2) is 0 Å². The normalized spacial score (nSPS) is 14.1. The van der Waals surface area contributed by atoms with Crippen molar-refractivity contribution in [3.8, 4) is 0 Å². The highest BCUT2D eigenvalue weighted by Gasteiger charge is 2.21. The number of carbonyl (C=O) groups is 2. The molecule has 0 N–H and O–H groups in total. The molecule has 0 spiro atoms. The van der Waals surface area contributed by atoms with E-state index in [0.29, 0.717) is 17.4 Å². The average molecular weight is 1050 g/mol. The highest BCUT2D eigenvalue weighted by molar-refractivity contribution is 7.45. The zero-order valence-corrected chi connectivity index (χ0v) is 48.9. The summed E-state index contributed by atoms with van der Waals surface area (Å²) >= 11 is 0. The molecule has 0 saturated heterocycles. The fourth-order valence-electron chi connectivity index (χ4n) is 7.77. The number of unbranched alkanes of at least 4 members (excludes halogenated alkanes) is 21. The summed E-state index contributed by atoms with van der Waals surface area (Å²) in [6, 6.07) is 0. The summed E-state index contributed by atoms with van der Waals surface area (Å²) in [6.45, 7) is 4.09. The average Bonchev–Trinajstić information content (AvgIpc) is 3.36. The van der Waals surface area contributed by atoms with E-state index in [2.05, 4.69) is 123 Å². The topological polar surface area (TPSA) is 111 Å². The van der Waals surface area contributed by atoms with Crippen LogP contribution in [-0.4, -0.2) is 70.0 Å². The van der Waals surface area contributed by atoms with E-state index in [-0.39, 0.29) is 26.1 Å². The van der Waals surface area contributed by atoms with Crippen LogP contribution < -0.4 is 4.89 Å². The van der Waals surface area contributed by atoms with Crippen LogP contribution in [0.5, 0.6) is 0 Å². The number of phosphoric ester groups is 1. The van der Waals surface area contributed by atoms with E-state index in [1.54, 1.807) is 0 Å². The molecule has 2 unspecified atom stereocenters. The van der Waals surface area contributed by atoms with Crippen LogP contribution in [0.2, 0.25) is 0 Å². The number of ether oxygens (including phenoxy) is 2. The van der Waals surface area contributed by atoms with E-state index >= 15 is 0 Å². The van der Waals surface area contributed by atoms with Gasteiger partial charge in [-0.2, -0.15) is 0 Å². The van der Waals surface area contributed by atoms with Gasteiger partial charge in [0.2, 0.25) is 0 Å². The van der Waals surface area contributed by atoms with Gasteiger partial charge in [-0.05, 0) is 83.5 Å². The fraction of sp³-hybridized carbons (Fsp3) is 0.688. The monoisotopic (exact) mass is 1050 g/mol. The molecular formula is C64H110NO8P. The van der Waals surface area contributed by atoms with Crippen molar-refractivity contribution < 1.29 is 42.1 Å². The number of phosphoric acid groups is 1. The summed E-state index contributed by atoms with van der Waals surface area (Å²) in [5.74, 6) is -0.872. The van der Waals surface area contributed by atoms with Gasteiger partial charge in [-0.3, -0.25) is 14.2 Å². The fourth-order valence-corrected chi connectivity index (χ4v) is 8.49. The minimum atomic E-state index is -4.65. The molecule has 0 rings (SSSR count). The van der Waals surface area contributed by atoms with Crippen LogP contribution in [0.15, 0.2) is 109 Å². The first-order chi connectivity index (χ1) is 36.0. The molecule has 0 aromatic rings. The summed E-state index contributed by atoms with van der Waals surface area (Å²) in [5, 5.41) is 0. The summed E-state index contributed by atoms with van der Waals surface area (Å²) in [7, 11) is 1.13. The van der Waals surface area contributed by atoms with E-state index in [1.807, 2.05) is 21.1 Å². The molecule has 0 fully saturated rings. The first-order valence-electron chi connectivity index (χ1n) is 29.6. The molecule has 0 aromatic heterocycles. The third-order valence-corrected chi connectivity index (χ3v) is 13.3. The predicted molar refractivity (Wildman–Crippen MR) is 314 cm³/mol. The number of hydrogen-bond donors (Lipinski definition) is 0. The molecule has 2 atom stereocenters. The SMILES string of the molecule is CC/C=C\C/C=C\C/C=C\C/C=C\C/C=C\C/C=C\C/C=C\C/C=C\C/C=C\CCCCCC(=O)OC(COC(=O)CCCCCCCCCCCCCCCCCCCCC)COP(=O)([O-])OCC[N+](C)(C)C. The molecular weight excluding hydrogens is 942 g/mol. The highest BCUT2D eigenvalue weighted by atomic mass is 31.2. The Balaban J connectivity index is 4.27. The van der Waals surface area contributed by atoms with Crippen molar-refractivity contribution in [3.05, 3.63) is 109 Å². The maximum Gasteiger partial charge on any atom is 0.306 e. The highest BCUT2D eigenvalue weighted by Crippen LogP contribution is 2.38. The van der Waals surface area contributed by atoms with Crippen molar-refractivity contribution in [1.29, 1.82) is 0 Å². The zero-order valence-electron chi connectivity index (χ0n) is 48.0. The lowest BCUT2D eigenvalue weighted by Crippen LogP contribution is -2.37. The third-order valence-electron chi connectivity index (χ3n) is 12.3. The smallest absolute Gasteiger partial charge is 0.306 e. The second-order valence-corrected chi connectivity index (χ2v) is 22.0. The number of rotatable bonds is 53. The Labute approximate surface area is 455 Å². The molecule has 0 aromatic carbocycles. The van der Waals surface area contributed by atoms with Gasteiger partial charge >= 0.3 is 11.9 Å². The van der Waals surface area contributed by atoms with Gasteiger partial charge in [0.15, 0.2) is 6.10 Å². The van der Waals surface area contributed by atoms with E-state index in [4.69, 9.17) is 18.5 Å². The second-order valence-electron chi connectivity index (χ2n) is 20.6. The lowest BCUT2D eigenvalue weighted by Gasteiger charge is -2.28. The number of esters is 2. The number of carbonyl (C=O) groups excluding carboxylic acids is 2. The first kappa shape index (κ1) is 70.7. The lowest BCUT2D eigenvalue weighted by molar-refractivity contribution is -0.870. The van der Waals surface area contributed by atoms with Crippen molar-refractivity contribution in [2.24, 2.45) is 0 Å². The molecule has 0 radical (unpaired) electrons. The predicted octanol–water partition coefficient (Wildman–Crippen LogP) is 18.0. The van der Waals surface area contributed by atoms with Crippen molar-refractivity contribution in [3.63, 3.8) is 0 Å². The van der Waals surface area contributed by atoms with Crippen molar-refractivity contribution in [1.82, 2.24) is 0 Å². The van der Waals surface area contributed by atoms with E-state index in [1.165, 1.54) is 103 Å². The van der Waals surface area contributed by atoms with E-state index in [9.17, 15) is 19.0 Å². The Hall–Kier alpha value is -3.33. The minimum Gasteiger partial charge on any atom is -0.756 e. The molecule has 0 aliphatic rings. The number of nitrogens with zero attached hydrogens (tertiary/aromatic N) is 1.